The Morgan fingerprint density at radius 2 is 1.57 bits per heavy atom. The summed E-state index contributed by atoms with van der Waals surface area (Å²) in [5.41, 5.74) is 7.54. The van der Waals surface area contributed by atoms with E-state index in [9.17, 15) is 9.59 Å². The van der Waals surface area contributed by atoms with E-state index in [-0.39, 0.29) is 18.4 Å². The quantitative estimate of drug-likeness (QED) is 0.681. The number of nitrogen functional groups attached to an aromatic ring is 1. The highest BCUT2D eigenvalue weighted by Gasteiger charge is 2.35. The van der Waals surface area contributed by atoms with Gasteiger partial charge in [-0.15, -0.1) is 0 Å². The van der Waals surface area contributed by atoms with Crippen molar-refractivity contribution in [1.82, 2.24) is 4.90 Å². The Labute approximate surface area is 131 Å². The van der Waals surface area contributed by atoms with Gasteiger partial charge < -0.3 is 5.73 Å². The Morgan fingerprint density at radius 1 is 1.00 bits per heavy atom. The van der Waals surface area contributed by atoms with Gasteiger partial charge in [-0.2, -0.15) is 0 Å². The van der Waals surface area contributed by atoms with Crippen molar-refractivity contribution in [3.8, 4) is 0 Å². The number of fused-ring (bicyclic) bond motifs is 1. The zero-order valence-electron chi connectivity index (χ0n) is 10.8. The Kier molecular flexibility index (Phi) is 3.35. The molecule has 0 unspecified atom stereocenters. The Morgan fingerprint density at radius 3 is 2.14 bits per heavy atom. The maximum absolute atomic E-state index is 12.3. The number of carbonyl (C=O) groups excluding carboxylic acids is 2. The summed E-state index contributed by atoms with van der Waals surface area (Å²) in [5.74, 6) is -0.683. The number of amides is 2. The minimum Gasteiger partial charge on any atom is -0.397 e. The highest BCUT2D eigenvalue weighted by atomic mass is 35.5. The third kappa shape index (κ3) is 2.26. The predicted octanol–water partition coefficient (Wildman–Crippen LogP) is 3.37. The zero-order chi connectivity index (χ0) is 15.1. The summed E-state index contributed by atoms with van der Waals surface area (Å²) in [6.07, 6.45) is 0. The van der Waals surface area contributed by atoms with Gasteiger partial charge in [0.25, 0.3) is 11.8 Å². The molecule has 1 heterocycles. The Balaban J connectivity index is 1.98. The van der Waals surface area contributed by atoms with Crippen molar-refractivity contribution in [3.05, 3.63) is 63.1 Å². The topological polar surface area (TPSA) is 63.4 Å². The molecule has 21 heavy (non-hydrogen) atoms. The molecule has 0 aromatic heterocycles. The first-order valence-electron chi connectivity index (χ1n) is 6.17. The summed E-state index contributed by atoms with van der Waals surface area (Å²) in [4.78, 5) is 25.7. The van der Waals surface area contributed by atoms with Gasteiger partial charge in [0.1, 0.15) is 0 Å². The van der Waals surface area contributed by atoms with E-state index in [1.807, 2.05) is 0 Å². The van der Waals surface area contributed by atoms with Crippen LogP contribution in [0.1, 0.15) is 26.3 Å². The van der Waals surface area contributed by atoms with E-state index in [0.717, 1.165) is 4.90 Å². The molecule has 2 N–H and O–H groups in total. The summed E-state index contributed by atoms with van der Waals surface area (Å²) >= 11 is 11.9. The molecule has 0 atom stereocenters. The van der Waals surface area contributed by atoms with Crippen LogP contribution in [0.5, 0.6) is 0 Å². The molecular formula is C15H10Cl2N2O2. The van der Waals surface area contributed by atoms with Crippen LogP contribution >= 0.6 is 23.2 Å². The highest BCUT2D eigenvalue weighted by molar-refractivity contribution is 6.36. The Hall–Kier alpha value is -2.04. The lowest BCUT2D eigenvalue weighted by molar-refractivity contribution is 0.0642. The molecule has 0 saturated carbocycles. The van der Waals surface area contributed by atoms with E-state index < -0.39 is 0 Å². The van der Waals surface area contributed by atoms with Gasteiger partial charge in [-0.1, -0.05) is 35.3 Å². The van der Waals surface area contributed by atoms with E-state index in [1.54, 1.807) is 30.3 Å². The second-order valence-electron chi connectivity index (χ2n) is 4.70. The SMILES string of the molecule is Nc1c(Cl)cc(Cl)cc1CN1C(=O)c2ccccc2C1=O. The van der Waals surface area contributed by atoms with Crippen molar-refractivity contribution in [1.29, 1.82) is 0 Å². The van der Waals surface area contributed by atoms with Crippen LogP contribution in [0.3, 0.4) is 0 Å². The normalized spacial score (nSPS) is 13.7. The first-order chi connectivity index (χ1) is 9.99. The fourth-order valence-corrected chi connectivity index (χ4v) is 2.86. The van der Waals surface area contributed by atoms with Gasteiger partial charge in [0.2, 0.25) is 0 Å². The molecule has 0 fully saturated rings. The van der Waals surface area contributed by atoms with Crippen molar-refractivity contribution in [2.45, 2.75) is 6.54 Å². The number of anilines is 1. The fourth-order valence-electron chi connectivity index (χ4n) is 2.32. The number of rotatable bonds is 2. The minimum absolute atomic E-state index is 0.0401. The van der Waals surface area contributed by atoms with Crippen LogP contribution in [-0.4, -0.2) is 16.7 Å². The lowest BCUT2D eigenvalue weighted by Gasteiger charge is -2.16. The molecule has 0 saturated heterocycles. The third-order valence-electron chi connectivity index (χ3n) is 3.39. The van der Waals surface area contributed by atoms with Gasteiger partial charge in [0.05, 0.1) is 28.4 Å². The van der Waals surface area contributed by atoms with Crippen LogP contribution in [0.2, 0.25) is 10.0 Å². The number of carbonyl (C=O) groups is 2. The molecule has 2 amide bonds. The summed E-state index contributed by atoms with van der Waals surface area (Å²) in [6.45, 7) is 0.0401. The van der Waals surface area contributed by atoms with Gasteiger partial charge in [-0.3, -0.25) is 14.5 Å². The van der Waals surface area contributed by atoms with Gasteiger partial charge in [0, 0.05) is 5.02 Å². The van der Waals surface area contributed by atoms with Gasteiger partial charge in [-0.25, -0.2) is 0 Å². The van der Waals surface area contributed by atoms with E-state index in [4.69, 9.17) is 28.9 Å². The van der Waals surface area contributed by atoms with Gasteiger partial charge >= 0.3 is 0 Å². The van der Waals surface area contributed by atoms with Crippen molar-refractivity contribution >= 4 is 40.7 Å². The average molecular weight is 321 g/mol. The van der Waals surface area contributed by atoms with Crippen LogP contribution < -0.4 is 5.73 Å². The maximum Gasteiger partial charge on any atom is 0.261 e. The smallest absolute Gasteiger partial charge is 0.261 e. The number of halogens is 2. The molecule has 6 heteroatoms. The monoisotopic (exact) mass is 320 g/mol. The van der Waals surface area contributed by atoms with Gasteiger partial charge in [-0.05, 0) is 29.8 Å². The second-order valence-corrected chi connectivity index (χ2v) is 5.55. The Bertz CT molecular complexity index is 739. The number of hydrogen-bond donors (Lipinski definition) is 1. The van der Waals surface area contributed by atoms with E-state index in [1.165, 1.54) is 6.07 Å². The molecule has 1 aliphatic rings. The molecule has 2 aromatic rings. The number of nitrogens with zero attached hydrogens (tertiary/aromatic N) is 1. The van der Waals surface area contributed by atoms with Crippen LogP contribution in [-0.2, 0) is 6.54 Å². The summed E-state index contributed by atoms with van der Waals surface area (Å²) in [6, 6.07) is 9.82. The number of benzene rings is 2. The largest absolute Gasteiger partial charge is 0.397 e. The standard InChI is InChI=1S/C15H10Cl2N2O2/c16-9-5-8(13(18)12(17)6-9)7-19-14(20)10-3-1-2-4-11(10)15(19)21/h1-6H,7,18H2. The molecule has 4 nitrogen and oxygen atoms in total. The van der Waals surface area contributed by atoms with Crippen LogP contribution in [0.25, 0.3) is 0 Å². The molecular weight excluding hydrogens is 311 g/mol. The average Bonchev–Trinajstić information content (AvgIpc) is 2.70. The minimum atomic E-state index is -0.342. The molecule has 0 radical (unpaired) electrons. The predicted molar refractivity (Wildman–Crippen MR) is 81.5 cm³/mol. The zero-order valence-corrected chi connectivity index (χ0v) is 12.3. The first kappa shape index (κ1) is 13.9. The lowest BCUT2D eigenvalue weighted by atomic mass is 10.1. The molecule has 106 valence electrons. The number of nitrogens with two attached hydrogens (primary N) is 1. The molecule has 0 spiro atoms. The number of imide groups is 1. The fraction of sp³-hybridized carbons (Fsp3) is 0.0667. The molecule has 0 bridgehead atoms. The summed E-state index contributed by atoms with van der Waals surface area (Å²) in [7, 11) is 0. The highest BCUT2D eigenvalue weighted by Crippen LogP contribution is 2.31. The van der Waals surface area contributed by atoms with E-state index in [0.29, 0.717) is 32.4 Å². The van der Waals surface area contributed by atoms with Crippen molar-refractivity contribution in [2.24, 2.45) is 0 Å². The molecule has 2 aromatic carbocycles. The van der Waals surface area contributed by atoms with Gasteiger partial charge in [0.15, 0.2) is 0 Å². The maximum atomic E-state index is 12.3. The summed E-state index contributed by atoms with van der Waals surface area (Å²) < 4.78 is 0. The first-order valence-corrected chi connectivity index (χ1v) is 6.93. The molecule has 0 aliphatic carbocycles. The van der Waals surface area contributed by atoms with E-state index >= 15 is 0 Å². The lowest BCUT2D eigenvalue weighted by Crippen LogP contribution is -2.29. The third-order valence-corrected chi connectivity index (χ3v) is 3.92. The van der Waals surface area contributed by atoms with Crippen molar-refractivity contribution in [3.63, 3.8) is 0 Å². The molecule has 3 rings (SSSR count). The number of hydrogen-bond acceptors (Lipinski definition) is 3. The van der Waals surface area contributed by atoms with Crippen molar-refractivity contribution < 1.29 is 9.59 Å². The van der Waals surface area contributed by atoms with Crippen molar-refractivity contribution in [2.75, 3.05) is 5.73 Å². The van der Waals surface area contributed by atoms with Crippen LogP contribution in [0, 0.1) is 0 Å². The van der Waals surface area contributed by atoms with Crippen LogP contribution in [0.15, 0.2) is 36.4 Å². The second kappa shape index (κ2) is 5.06. The molecule has 1 aliphatic heterocycles. The van der Waals surface area contributed by atoms with Crippen LogP contribution in [0.4, 0.5) is 5.69 Å². The van der Waals surface area contributed by atoms with E-state index in [2.05, 4.69) is 0 Å². The summed E-state index contributed by atoms with van der Waals surface area (Å²) in [5, 5.41) is 0.704.